The number of benzene rings is 1. The lowest BCUT2D eigenvalue weighted by atomic mass is 9.96. The molecule has 3 nitrogen and oxygen atoms in total. The lowest BCUT2D eigenvalue weighted by molar-refractivity contribution is -0.124. The Hall–Kier alpha value is -1.19. The van der Waals surface area contributed by atoms with Crippen LogP contribution in [0, 0.1) is 0 Å². The number of hydrogen-bond acceptors (Lipinski definition) is 3. The maximum atomic E-state index is 11.8. The van der Waals surface area contributed by atoms with E-state index in [4.69, 9.17) is 10.5 Å². The molecule has 0 aliphatic carbocycles. The molecule has 0 aromatic heterocycles. The minimum absolute atomic E-state index is 0.00588. The normalized spacial score (nSPS) is 26.0. The van der Waals surface area contributed by atoms with E-state index in [0.29, 0.717) is 13.0 Å². The van der Waals surface area contributed by atoms with Crippen LogP contribution in [0.2, 0.25) is 0 Å². The van der Waals surface area contributed by atoms with Crippen molar-refractivity contribution in [1.82, 2.24) is 0 Å². The topological polar surface area (TPSA) is 55.6 Å². The SMILES string of the molecule is C[C@@]1(C(=O)[C@@H](N)Cc2ccccc2)CO1. The molecule has 1 aromatic carbocycles. The molecule has 1 aliphatic rings. The fourth-order valence-electron chi connectivity index (χ4n) is 1.60. The number of carbonyl (C=O) groups excluding carboxylic acids is 1. The van der Waals surface area contributed by atoms with Crippen LogP contribution in [0.3, 0.4) is 0 Å². The van der Waals surface area contributed by atoms with Crippen molar-refractivity contribution in [2.45, 2.75) is 25.0 Å². The summed E-state index contributed by atoms with van der Waals surface area (Å²) in [7, 11) is 0. The number of carbonyl (C=O) groups is 1. The van der Waals surface area contributed by atoms with Crippen LogP contribution in [0.5, 0.6) is 0 Å². The van der Waals surface area contributed by atoms with Crippen molar-refractivity contribution in [2.75, 3.05) is 6.61 Å². The first kappa shape index (κ1) is 10.3. The average Bonchev–Trinajstić information content (AvgIpc) is 2.98. The zero-order valence-corrected chi connectivity index (χ0v) is 8.77. The lowest BCUT2D eigenvalue weighted by Gasteiger charge is -2.12. The summed E-state index contributed by atoms with van der Waals surface area (Å²) in [4.78, 5) is 11.8. The number of ketones is 1. The molecule has 2 atom stereocenters. The van der Waals surface area contributed by atoms with E-state index in [1.807, 2.05) is 30.3 Å². The van der Waals surface area contributed by atoms with Gasteiger partial charge in [0.15, 0.2) is 5.78 Å². The fraction of sp³-hybridized carbons (Fsp3) is 0.417. The molecule has 0 amide bonds. The average molecular weight is 205 g/mol. The number of epoxide rings is 1. The van der Waals surface area contributed by atoms with Crippen molar-refractivity contribution in [1.29, 1.82) is 0 Å². The Bertz CT molecular complexity index is 357. The summed E-state index contributed by atoms with van der Waals surface area (Å²) in [6.07, 6.45) is 0.582. The number of Topliss-reactive ketones (excluding diaryl/α,β-unsaturated/α-hetero) is 1. The molecule has 0 spiro atoms. The molecule has 2 rings (SSSR count). The lowest BCUT2D eigenvalue weighted by Crippen LogP contribution is -2.40. The summed E-state index contributed by atoms with van der Waals surface area (Å²) >= 11 is 0. The molecular formula is C12H15NO2. The molecule has 2 N–H and O–H groups in total. The Morgan fingerprint density at radius 3 is 2.67 bits per heavy atom. The van der Waals surface area contributed by atoms with Gasteiger partial charge in [-0.3, -0.25) is 4.79 Å². The molecule has 15 heavy (non-hydrogen) atoms. The van der Waals surface area contributed by atoms with Crippen LogP contribution in [0.4, 0.5) is 0 Å². The van der Waals surface area contributed by atoms with E-state index in [2.05, 4.69) is 0 Å². The maximum Gasteiger partial charge on any atom is 0.183 e. The van der Waals surface area contributed by atoms with Crippen LogP contribution < -0.4 is 5.73 Å². The van der Waals surface area contributed by atoms with Crippen LogP contribution in [0.1, 0.15) is 12.5 Å². The molecule has 1 aliphatic heterocycles. The molecule has 3 heteroatoms. The highest BCUT2D eigenvalue weighted by Gasteiger charge is 2.48. The van der Waals surface area contributed by atoms with Crippen LogP contribution >= 0.6 is 0 Å². The summed E-state index contributed by atoms with van der Waals surface area (Å²) in [5.74, 6) is 0.00588. The second-order valence-corrected chi connectivity index (χ2v) is 4.18. The number of rotatable bonds is 4. The van der Waals surface area contributed by atoms with E-state index in [-0.39, 0.29) is 5.78 Å². The number of nitrogens with two attached hydrogens (primary N) is 1. The van der Waals surface area contributed by atoms with E-state index in [9.17, 15) is 4.79 Å². The van der Waals surface area contributed by atoms with Gasteiger partial charge in [-0.05, 0) is 18.9 Å². The van der Waals surface area contributed by atoms with Gasteiger partial charge in [0, 0.05) is 0 Å². The Kier molecular flexibility index (Phi) is 2.59. The van der Waals surface area contributed by atoms with Crippen molar-refractivity contribution in [3.05, 3.63) is 35.9 Å². The third-order valence-electron chi connectivity index (χ3n) is 2.73. The largest absolute Gasteiger partial charge is 0.362 e. The Morgan fingerprint density at radius 2 is 2.13 bits per heavy atom. The van der Waals surface area contributed by atoms with Gasteiger partial charge in [-0.2, -0.15) is 0 Å². The molecule has 1 heterocycles. The summed E-state index contributed by atoms with van der Waals surface area (Å²) in [5.41, 5.74) is 6.33. The Morgan fingerprint density at radius 1 is 1.53 bits per heavy atom. The van der Waals surface area contributed by atoms with Gasteiger partial charge in [0.2, 0.25) is 0 Å². The maximum absolute atomic E-state index is 11.8. The standard InChI is InChI=1S/C12H15NO2/c1-12(8-15-12)11(14)10(13)7-9-5-3-2-4-6-9/h2-6,10H,7-8,13H2,1H3/t10-,12-/m0/s1. The predicted octanol–water partition coefficient (Wildman–Crippen LogP) is 0.914. The van der Waals surface area contributed by atoms with Gasteiger partial charge in [-0.25, -0.2) is 0 Å². The number of ether oxygens (including phenoxy) is 1. The quantitative estimate of drug-likeness (QED) is 0.743. The minimum atomic E-state index is -0.603. The van der Waals surface area contributed by atoms with Gasteiger partial charge in [0.05, 0.1) is 12.6 Å². The number of hydrogen-bond donors (Lipinski definition) is 1. The fourth-order valence-corrected chi connectivity index (χ4v) is 1.60. The van der Waals surface area contributed by atoms with E-state index < -0.39 is 11.6 Å². The highest BCUT2D eigenvalue weighted by molar-refractivity contribution is 5.93. The van der Waals surface area contributed by atoms with Crippen molar-refractivity contribution >= 4 is 5.78 Å². The smallest absolute Gasteiger partial charge is 0.183 e. The van der Waals surface area contributed by atoms with E-state index in [1.54, 1.807) is 6.92 Å². The molecule has 1 fully saturated rings. The molecule has 80 valence electrons. The van der Waals surface area contributed by atoms with Crippen LogP contribution in [0.25, 0.3) is 0 Å². The molecule has 0 unspecified atom stereocenters. The second-order valence-electron chi connectivity index (χ2n) is 4.18. The zero-order valence-electron chi connectivity index (χ0n) is 8.77. The Labute approximate surface area is 89.2 Å². The van der Waals surface area contributed by atoms with Gasteiger partial charge in [0.1, 0.15) is 5.60 Å². The van der Waals surface area contributed by atoms with Gasteiger partial charge >= 0.3 is 0 Å². The van der Waals surface area contributed by atoms with Gasteiger partial charge in [-0.1, -0.05) is 30.3 Å². The molecule has 1 saturated heterocycles. The highest BCUT2D eigenvalue weighted by atomic mass is 16.6. The molecule has 0 bridgehead atoms. The van der Waals surface area contributed by atoms with Gasteiger partial charge < -0.3 is 10.5 Å². The summed E-state index contributed by atoms with van der Waals surface area (Å²) < 4.78 is 5.09. The summed E-state index contributed by atoms with van der Waals surface area (Å²) in [6, 6.07) is 9.33. The van der Waals surface area contributed by atoms with Gasteiger partial charge in [-0.15, -0.1) is 0 Å². The highest BCUT2D eigenvalue weighted by Crippen LogP contribution is 2.28. The van der Waals surface area contributed by atoms with Crippen molar-refractivity contribution in [2.24, 2.45) is 5.73 Å². The van der Waals surface area contributed by atoms with Crippen molar-refractivity contribution < 1.29 is 9.53 Å². The van der Waals surface area contributed by atoms with E-state index in [0.717, 1.165) is 5.56 Å². The third kappa shape index (κ3) is 2.25. The molecule has 0 saturated carbocycles. The predicted molar refractivity (Wildman–Crippen MR) is 57.5 cm³/mol. The molecular weight excluding hydrogens is 190 g/mol. The summed E-state index contributed by atoms with van der Waals surface area (Å²) in [6.45, 7) is 2.30. The molecule has 0 radical (unpaired) electrons. The first-order chi connectivity index (χ1) is 7.12. The molecule has 1 aromatic rings. The van der Waals surface area contributed by atoms with E-state index in [1.165, 1.54) is 0 Å². The monoisotopic (exact) mass is 205 g/mol. The van der Waals surface area contributed by atoms with Crippen molar-refractivity contribution in [3.8, 4) is 0 Å². The van der Waals surface area contributed by atoms with Crippen LogP contribution in [-0.4, -0.2) is 24.0 Å². The van der Waals surface area contributed by atoms with Gasteiger partial charge in [0.25, 0.3) is 0 Å². The first-order valence-electron chi connectivity index (χ1n) is 5.09. The minimum Gasteiger partial charge on any atom is -0.362 e. The Balaban J connectivity index is 1.98. The second kappa shape index (κ2) is 3.76. The van der Waals surface area contributed by atoms with Crippen LogP contribution in [-0.2, 0) is 16.0 Å². The van der Waals surface area contributed by atoms with Crippen LogP contribution in [0.15, 0.2) is 30.3 Å². The zero-order chi connectivity index (χ0) is 10.9. The summed E-state index contributed by atoms with van der Waals surface area (Å²) in [5, 5.41) is 0. The third-order valence-corrected chi connectivity index (χ3v) is 2.73. The van der Waals surface area contributed by atoms with Crippen molar-refractivity contribution in [3.63, 3.8) is 0 Å². The van der Waals surface area contributed by atoms with E-state index >= 15 is 0 Å². The first-order valence-corrected chi connectivity index (χ1v) is 5.09.